The molecule has 0 fully saturated rings. The Morgan fingerprint density at radius 1 is 1.33 bits per heavy atom. The van der Waals surface area contributed by atoms with Crippen LogP contribution in [0, 0.1) is 29.6 Å². The molecule has 102 valence electrons. The third kappa shape index (κ3) is 9.24. The van der Waals surface area contributed by atoms with E-state index in [9.17, 15) is 13.2 Å². The summed E-state index contributed by atoms with van der Waals surface area (Å²) in [6.07, 6.45) is 3.28. The van der Waals surface area contributed by atoms with Gasteiger partial charge in [-0.1, -0.05) is 13.3 Å². The number of nitriles is 1. The molecular weight excluding hydrogens is 259 g/mol. The monoisotopic (exact) mass is 277 g/mol. The summed E-state index contributed by atoms with van der Waals surface area (Å²) < 4.78 is 35.9. The molecule has 0 N–H and O–H groups in total. The second-order valence-electron chi connectivity index (χ2n) is 4.11. The van der Waals surface area contributed by atoms with Crippen LogP contribution in [0.3, 0.4) is 0 Å². The first-order valence-electron chi connectivity index (χ1n) is 5.94. The van der Waals surface area contributed by atoms with Gasteiger partial charge < -0.3 is 0 Å². The SMILES string of the molecule is C#CCC(CC)CCC(C#N)SCCC(F)(F)F. The first-order chi connectivity index (χ1) is 8.42. The quantitative estimate of drug-likeness (QED) is 0.614. The summed E-state index contributed by atoms with van der Waals surface area (Å²) in [5, 5.41) is 8.52. The molecule has 0 amide bonds. The Bertz CT molecular complexity index is 301. The maximum atomic E-state index is 12.0. The minimum absolute atomic E-state index is 0.0480. The number of rotatable bonds is 8. The molecule has 0 rings (SSSR count). The van der Waals surface area contributed by atoms with Gasteiger partial charge in [-0.05, 0) is 18.8 Å². The molecule has 0 aromatic rings. The molecule has 0 aliphatic rings. The van der Waals surface area contributed by atoms with E-state index in [0.29, 0.717) is 18.8 Å². The molecule has 1 nitrogen and oxygen atoms in total. The van der Waals surface area contributed by atoms with E-state index in [2.05, 4.69) is 12.0 Å². The topological polar surface area (TPSA) is 23.8 Å². The Morgan fingerprint density at radius 2 is 2.00 bits per heavy atom. The van der Waals surface area contributed by atoms with Crippen LogP contribution >= 0.6 is 11.8 Å². The van der Waals surface area contributed by atoms with Gasteiger partial charge in [-0.25, -0.2) is 0 Å². The fourth-order valence-electron chi connectivity index (χ4n) is 1.51. The number of nitrogens with zero attached hydrogens (tertiary/aromatic N) is 1. The van der Waals surface area contributed by atoms with Gasteiger partial charge in [0.15, 0.2) is 0 Å². The molecule has 0 saturated heterocycles. The summed E-state index contributed by atoms with van der Waals surface area (Å²) in [6.45, 7) is 2.03. The van der Waals surface area contributed by atoms with Crippen LogP contribution in [0.15, 0.2) is 0 Å². The van der Waals surface area contributed by atoms with Gasteiger partial charge in [0, 0.05) is 12.2 Å². The highest BCUT2D eigenvalue weighted by atomic mass is 32.2. The highest BCUT2D eigenvalue weighted by molar-refractivity contribution is 8.00. The summed E-state index contributed by atoms with van der Waals surface area (Å²) in [6, 6.07) is 2.05. The smallest absolute Gasteiger partial charge is 0.197 e. The molecule has 18 heavy (non-hydrogen) atoms. The fraction of sp³-hybridized carbons (Fsp3) is 0.769. The van der Waals surface area contributed by atoms with Crippen molar-refractivity contribution < 1.29 is 13.2 Å². The third-order valence-electron chi connectivity index (χ3n) is 2.67. The van der Waals surface area contributed by atoms with E-state index in [1.807, 2.05) is 6.92 Å². The van der Waals surface area contributed by atoms with Gasteiger partial charge >= 0.3 is 6.18 Å². The summed E-state index contributed by atoms with van der Waals surface area (Å²) in [7, 11) is 0. The van der Waals surface area contributed by atoms with Crippen molar-refractivity contribution in [2.75, 3.05) is 5.75 Å². The van der Waals surface area contributed by atoms with Gasteiger partial charge in [0.1, 0.15) is 0 Å². The lowest BCUT2D eigenvalue weighted by Gasteiger charge is -2.14. The Labute approximate surface area is 111 Å². The average Bonchev–Trinajstić information content (AvgIpc) is 2.30. The zero-order chi connectivity index (χ0) is 14.0. The number of hydrogen-bond acceptors (Lipinski definition) is 2. The molecule has 0 bridgehead atoms. The van der Waals surface area contributed by atoms with E-state index >= 15 is 0 Å². The van der Waals surface area contributed by atoms with Crippen molar-refractivity contribution in [3.63, 3.8) is 0 Å². The normalized spacial score (nSPS) is 14.6. The van der Waals surface area contributed by atoms with Crippen LogP contribution < -0.4 is 0 Å². The number of alkyl halides is 3. The van der Waals surface area contributed by atoms with Crippen LogP contribution in [0.25, 0.3) is 0 Å². The molecule has 5 heteroatoms. The van der Waals surface area contributed by atoms with E-state index in [1.54, 1.807) is 0 Å². The zero-order valence-electron chi connectivity index (χ0n) is 10.5. The van der Waals surface area contributed by atoms with Gasteiger partial charge in [-0.2, -0.15) is 18.4 Å². The van der Waals surface area contributed by atoms with Crippen molar-refractivity contribution in [3.8, 4) is 18.4 Å². The van der Waals surface area contributed by atoms with Crippen LogP contribution in [0.4, 0.5) is 13.2 Å². The van der Waals surface area contributed by atoms with Crippen molar-refractivity contribution >= 4 is 11.8 Å². The van der Waals surface area contributed by atoms with Crippen molar-refractivity contribution in [2.45, 2.75) is 50.5 Å². The van der Waals surface area contributed by atoms with Crippen molar-refractivity contribution in [1.29, 1.82) is 5.26 Å². The number of halogens is 3. The van der Waals surface area contributed by atoms with Crippen molar-refractivity contribution in [1.82, 2.24) is 0 Å². The van der Waals surface area contributed by atoms with Crippen LogP contribution in [-0.2, 0) is 0 Å². The minimum atomic E-state index is -4.14. The molecule has 0 spiro atoms. The predicted octanol–water partition coefficient (Wildman–Crippen LogP) is 4.39. The van der Waals surface area contributed by atoms with E-state index in [0.717, 1.165) is 24.6 Å². The van der Waals surface area contributed by atoms with Crippen molar-refractivity contribution in [2.24, 2.45) is 5.92 Å². The number of thioether (sulfide) groups is 1. The van der Waals surface area contributed by atoms with Crippen LogP contribution in [0.2, 0.25) is 0 Å². The van der Waals surface area contributed by atoms with Crippen molar-refractivity contribution in [3.05, 3.63) is 0 Å². The lowest BCUT2D eigenvalue weighted by molar-refractivity contribution is -0.129. The van der Waals surface area contributed by atoms with Gasteiger partial charge in [-0.3, -0.25) is 0 Å². The second-order valence-corrected chi connectivity index (χ2v) is 5.42. The maximum absolute atomic E-state index is 12.0. The van der Waals surface area contributed by atoms with Gasteiger partial charge in [0.25, 0.3) is 0 Å². The average molecular weight is 277 g/mol. The maximum Gasteiger partial charge on any atom is 0.389 e. The fourth-order valence-corrected chi connectivity index (χ4v) is 2.52. The molecule has 0 saturated carbocycles. The standard InChI is InChI=1S/C13H18F3NS/c1-3-5-11(4-2)6-7-12(10-17)18-9-8-13(14,15)16/h1,11-12H,4-9H2,2H3. The van der Waals surface area contributed by atoms with E-state index in [-0.39, 0.29) is 11.0 Å². The zero-order valence-corrected chi connectivity index (χ0v) is 11.3. The molecule has 0 aromatic heterocycles. The lowest BCUT2D eigenvalue weighted by atomic mass is 9.96. The van der Waals surface area contributed by atoms with Gasteiger partial charge in [-0.15, -0.1) is 24.1 Å². The highest BCUT2D eigenvalue weighted by Gasteiger charge is 2.27. The van der Waals surface area contributed by atoms with E-state index < -0.39 is 12.6 Å². The van der Waals surface area contributed by atoms with Gasteiger partial charge in [0.2, 0.25) is 0 Å². The third-order valence-corrected chi connectivity index (χ3v) is 3.85. The van der Waals surface area contributed by atoms with Crippen LogP contribution in [0.5, 0.6) is 0 Å². The first-order valence-corrected chi connectivity index (χ1v) is 6.99. The van der Waals surface area contributed by atoms with E-state index in [4.69, 9.17) is 11.7 Å². The van der Waals surface area contributed by atoms with Gasteiger partial charge in [0.05, 0.1) is 17.7 Å². The predicted molar refractivity (Wildman–Crippen MR) is 69.0 cm³/mol. The number of terminal acetylenes is 1. The minimum Gasteiger partial charge on any atom is -0.197 e. The Kier molecular flexibility index (Phi) is 8.75. The highest BCUT2D eigenvalue weighted by Crippen LogP contribution is 2.26. The summed E-state index contributed by atoms with van der Waals surface area (Å²) in [5.41, 5.74) is 0. The molecule has 0 aromatic carbocycles. The lowest BCUT2D eigenvalue weighted by Crippen LogP contribution is -2.11. The molecule has 0 aliphatic carbocycles. The Balaban J connectivity index is 3.91. The summed E-state index contributed by atoms with van der Waals surface area (Å²) in [4.78, 5) is 0. The molecular formula is C13H18F3NS. The Morgan fingerprint density at radius 3 is 2.44 bits per heavy atom. The summed E-state index contributed by atoms with van der Waals surface area (Å²) >= 11 is 1.09. The summed E-state index contributed by atoms with van der Waals surface area (Å²) in [5.74, 6) is 2.91. The number of hydrogen-bond donors (Lipinski definition) is 0. The molecule has 2 unspecified atom stereocenters. The molecule has 0 radical (unpaired) electrons. The molecule has 2 atom stereocenters. The van der Waals surface area contributed by atoms with Crippen LogP contribution in [0.1, 0.15) is 39.0 Å². The molecule has 0 heterocycles. The largest absolute Gasteiger partial charge is 0.389 e. The Hall–Kier alpha value is -0.810. The van der Waals surface area contributed by atoms with E-state index in [1.165, 1.54) is 0 Å². The van der Waals surface area contributed by atoms with Crippen LogP contribution in [-0.4, -0.2) is 17.2 Å². The second kappa shape index (κ2) is 9.16. The first kappa shape index (κ1) is 17.2. The molecule has 0 aliphatic heterocycles.